The van der Waals surface area contributed by atoms with Crippen molar-refractivity contribution in [1.82, 2.24) is 0 Å². The number of hydrogen-bond donors (Lipinski definition) is 0. The largest absolute Gasteiger partial charge is 0.368 e. The van der Waals surface area contributed by atoms with E-state index in [0.717, 1.165) is 17.1 Å². The highest BCUT2D eigenvalue weighted by molar-refractivity contribution is 6.30. The number of benzene rings is 1. The summed E-state index contributed by atoms with van der Waals surface area (Å²) in [6.07, 6.45) is 2.61. The maximum atomic E-state index is 6.02. The standard InChI is InChI=1S/C14H19Cl2N/c1-10(2)9-17(13-4-5-13)14-6-3-12(16)7-11(14)8-15/h3,6-7,10,13H,4-5,8-9H2,1-2H3. The van der Waals surface area contributed by atoms with Gasteiger partial charge in [-0.25, -0.2) is 0 Å². The van der Waals surface area contributed by atoms with Gasteiger partial charge in [-0.1, -0.05) is 25.4 Å². The molecule has 0 aromatic heterocycles. The highest BCUT2D eigenvalue weighted by Crippen LogP contribution is 2.35. The SMILES string of the molecule is CC(C)CN(c1ccc(Cl)cc1CCl)C1CC1. The lowest BCUT2D eigenvalue weighted by atomic mass is 10.1. The van der Waals surface area contributed by atoms with Crippen LogP contribution in [0, 0.1) is 5.92 Å². The topological polar surface area (TPSA) is 3.24 Å². The second kappa shape index (κ2) is 5.49. The second-order valence-corrected chi connectivity index (χ2v) is 5.89. The van der Waals surface area contributed by atoms with Crippen LogP contribution in [0.1, 0.15) is 32.3 Å². The first-order valence-electron chi connectivity index (χ1n) is 6.23. The average molecular weight is 272 g/mol. The zero-order valence-electron chi connectivity index (χ0n) is 10.4. The van der Waals surface area contributed by atoms with E-state index in [0.29, 0.717) is 17.8 Å². The first kappa shape index (κ1) is 13.0. The van der Waals surface area contributed by atoms with Gasteiger partial charge in [0, 0.05) is 29.2 Å². The molecule has 0 aliphatic heterocycles. The summed E-state index contributed by atoms with van der Waals surface area (Å²) in [5.74, 6) is 1.19. The number of hydrogen-bond acceptors (Lipinski definition) is 1. The molecule has 0 saturated heterocycles. The van der Waals surface area contributed by atoms with Crippen molar-refractivity contribution in [2.45, 2.75) is 38.6 Å². The molecule has 1 nitrogen and oxygen atoms in total. The van der Waals surface area contributed by atoms with Crippen LogP contribution in [-0.2, 0) is 5.88 Å². The Morgan fingerprint density at radius 1 is 1.35 bits per heavy atom. The predicted octanol–water partition coefficient (Wildman–Crippen LogP) is 4.70. The number of anilines is 1. The summed E-state index contributed by atoms with van der Waals surface area (Å²) in [7, 11) is 0. The third-order valence-electron chi connectivity index (χ3n) is 3.04. The average Bonchev–Trinajstić information content (AvgIpc) is 3.09. The highest BCUT2D eigenvalue weighted by atomic mass is 35.5. The van der Waals surface area contributed by atoms with Crippen molar-refractivity contribution in [2.24, 2.45) is 5.92 Å². The summed E-state index contributed by atoms with van der Waals surface area (Å²) in [5.41, 5.74) is 2.41. The van der Waals surface area contributed by atoms with Gasteiger partial charge >= 0.3 is 0 Å². The van der Waals surface area contributed by atoms with Crippen molar-refractivity contribution in [1.29, 1.82) is 0 Å². The zero-order valence-corrected chi connectivity index (χ0v) is 11.9. The van der Waals surface area contributed by atoms with Crippen LogP contribution in [0.15, 0.2) is 18.2 Å². The van der Waals surface area contributed by atoms with Crippen molar-refractivity contribution in [3.05, 3.63) is 28.8 Å². The number of alkyl halides is 1. The van der Waals surface area contributed by atoms with Gasteiger partial charge in [-0.15, -0.1) is 11.6 Å². The van der Waals surface area contributed by atoms with Crippen LogP contribution in [-0.4, -0.2) is 12.6 Å². The summed E-state index contributed by atoms with van der Waals surface area (Å²) >= 11 is 12.0. The third-order valence-corrected chi connectivity index (χ3v) is 3.57. The Hall–Kier alpha value is -0.400. The molecule has 17 heavy (non-hydrogen) atoms. The maximum absolute atomic E-state index is 6.02. The zero-order chi connectivity index (χ0) is 12.4. The molecule has 1 aromatic carbocycles. The fourth-order valence-electron chi connectivity index (χ4n) is 2.17. The Kier molecular flexibility index (Phi) is 4.22. The van der Waals surface area contributed by atoms with Crippen molar-refractivity contribution in [3.8, 4) is 0 Å². The molecule has 0 spiro atoms. The molecule has 0 amide bonds. The van der Waals surface area contributed by atoms with Gasteiger partial charge in [0.25, 0.3) is 0 Å². The Morgan fingerprint density at radius 2 is 2.06 bits per heavy atom. The van der Waals surface area contributed by atoms with Crippen molar-refractivity contribution in [3.63, 3.8) is 0 Å². The number of nitrogens with zero attached hydrogens (tertiary/aromatic N) is 1. The van der Waals surface area contributed by atoms with Crippen LogP contribution in [0.25, 0.3) is 0 Å². The molecule has 0 atom stereocenters. The third kappa shape index (κ3) is 3.29. The summed E-state index contributed by atoms with van der Waals surface area (Å²) in [5, 5.41) is 0.768. The Balaban J connectivity index is 2.28. The lowest BCUT2D eigenvalue weighted by molar-refractivity contribution is 0.606. The second-order valence-electron chi connectivity index (χ2n) is 5.18. The quantitative estimate of drug-likeness (QED) is 0.702. The molecule has 2 rings (SSSR count). The van der Waals surface area contributed by atoms with E-state index in [1.807, 2.05) is 12.1 Å². The maximum Gasteiger partial charge on any atom is 0.0495 e. The first-order valence-corrected chi connectivity index (χ1v) is 7.14. The summed E-state index contributed by atoms with van der Waals surface area (Å²) in [4.78, 5) is 2.50. The molecule has 1 aliphatic carbocycles. The van der Waals surface area contributed by atoms with Gasteiger partial charge in [-0.3, -0.25) is 0 Å². The van der Waals surface area contributed by atoms with Gasteiger partial charge in [0.15, 0.2) is 0 Å². The molecular weight excluding hydrogens is 253 g/mol. The van der Waals surface area contributed by atoms with Crippen LogP contribution in [0.2, 0.25) is 5.02 Å². The van der Waals surface area contributed by atoms with Gasteiger partial charge in [0.05, 0.1) is 0 Å². The molecule has 3 heteroatoms. The monoisotopic (exact) mass is 271 g/mol. The van der Waals surface area contributed by atoms with Crippen molar-refractivity contribution < 1.29 is 0 Å². The van der Waals surface area contributed by atoms with E-state index in [1.165, 1.54) is 18.5 Å². The molecule has 0 radical (unpaired) electrons. The minimum atomic E-state index is 0.525. The lowest BCUT2D eigenvalue weighted by Crippen LogP contribution is -2.30. The number of halogens is 2. The van der Waals surface area contributed by atoms with Crippen LogP contribution < -0.4 is 4.90 Å². The molecular formula is C14H19Cl2N. The summed E-state index contributed by atoms with van der Waals surface area (Å²) in [6.45, 7) is 5.60. The van der Waals surface area contributed by atoms with E-state index in [4.69, 9.17) is 23.2 Å². The molecule has 1 aromatic rings. The minimum absolute atomic E-state index is 0.525. The van der Waals surface area contributed by atoms with Gasteiger partial charge < -0.3 is 4.90 Å². The van der Waals surface area contributed by atoms with Crippen molar-refractivity contribution in [2.75, 3.05) is 11.4 Å². The fourth-order valence-corrected chi connectivity index (χ4v) is 2.57. The summed E-state index contributed by atoms with van der Waals surface area (Å²) < 4.78 is 0. The van der Waals surface area contributed by atoms with Crippen LogP contribution in [0.5, 0.6) is 0 Å². The van der Waals surface area contributed by atoms with E-state index >= 15 is 0 Å². The molecule has 0 N–H and O–H groups in total. The number of rotatable bonds is 5. The van der Waals surface area contributed by atoms with Gasteiger partial charge in [0.1, 0.15) is 0 Å². The molecule has 0 bridgehead atoms. The minimum Gasteiger partial charge on any atom is -0.368 e. The molecule has 0 heterocycles. The summed E-state index contributed by atoms with van der Waals surface area (Å²) in [6, 6.07) is 6.77. The Morgan fingerprint density at radius 3 is 2.59 bits per heavy atom. The van der Waals surface area contributed by atoms with E-state index < -0.39 is 0 Å². The molecule has 1 aliphatic rings. The predicted molar refractivity (Wildman–Crippen MR) is 76.2 cm³/mol. The van der Waals surface area contributed by atoms with E-state index in [-0.39, 0.29) is 0 Å². The smallest absolute Gasteiger partial charge is 0.0495 e. The first-order chi connectivity index (χ1) is 8.11. The van der Waals surface area contributed by atoms with E-state index in [2.05, 4.69) is 24.8 Å². The van der Waals surface area contributed by atoms with Gasteiger partial charge in [0.2, 0.25) is 0 Å². The van der Waals surface area contributed by atoms with Gasteiger partial charge in [-0.2, -0.15) is 0 Å². The van der Waals surface area contributed by atoms with Crippen molar-refractivity contribution >= 4 is 28.9 Å². The molecule has 0 unspecified atom stereocenters. The molecule has 94 valence electrons. The lowest BCUT2D eigenvalue weighted by Gasteiger charge is -2.28. The molecule has 1 saturated carbocycles. The van der Waals surface area contributed by atoms with Crippen LogP contribution in [0.4, 0.5) is 5.69 Å². The van der Waals surface area contributed by atoms with Crippen LogP contribution in [0.3, 0.4) is 0 Å². The van der Waals surface area contributed by atoms with Gasteiger partial charge in [-0.05, 0) is 42.5 Å². The Labute approximate surface area is 114 Å². The highest BCUT2D eigenvalue weighted by Gasteiger charge is 2.30. The van der Waals surface area contributed by atoms with Crippen LogP contribution >= 0.6 is 23.2 Å². The Bertz CT molecular complexity index is 386. The van der Waals surface area contributed by atoms with E-state index in [1.54, 1.807) is 0 Å². The van der Waals surface area contributed by atoms with E-state index in [9.17, 15) is 0 Å². The molecule has 1 fully saturated rings. The normalized spacial score (nSPS) is 15.4. The fraction of sp³-hybridized carbons (Fsp3) is 0.571.